The number of hydrogen-bond donors (Lipinski definition) is 1. The first-order valence-electron chi connectivity index (χ1n) is 5.20. The van der Waals surface area contributed by atoms with Crippen molar-refractivity contribution in [3.63, 3.8) is 0 Å². The van der Waals surface area contributed by atoms with Crippen molar-refractivity contribution < 1.29 is 18.3 Å². The third-order valence-electron chi connectivity index (χ3n) is 2.21. The molecule has 0 atom stereocenters. The van der Waals surface area contributed by atoms with Crippen LogP contribution in [0.4, 0.5) is 8.78 Å². The zero-order valence-electron chi connectivity index (χ0n) is 9.96. The van der Waals surface area contributed by atoms with Gasteiger partial charge in [-0.25, -0.2) is 0 Å². The minimum atomic E-state index is -3.65. The lowest BCUT2D eigenvalue weighted by atomic mass is 10.0. The summed E-state index contributed by atoms with van der Waals surface area (Å²) < 4.78 is 32.1. The second kappa shape index (κ2) is 4.69. The van der Waals surface area contributed by atoms with Crippen LogP contribution in [0.15, 0.2) is 18.2 Å². The van der Waals surface area contributed by atoms with E-state index in [0.717, 1.165) is 6.07 Å². The van der Waals surface area contributed by atoms with Gasteiger partial charge in [-0.15, -0.1) is 0 Å². The molecule has 0 aliphatic carbocycles. The lowest BCUT2D eigenvalue weighted by Gasteiger charge is -2.16. The Labute approximate surface area is 98.6 Å². The molecule has 0 aliphatic rings. The highest BCUT2D eigenvalue weighted by Gasteiger charge is 2.38. The first kappa shape index (κ1) is 13.4. The summed E-state index contributed by atoms with van der Waals surface area (Å²) in [6.45, 7) is 5.31. The zero-order valence-corrected chi connectivity index (χ0v) is 9.96. The van der Waals surface area contributed by atoms with Gasteiger partial charge in [-0.2, -0.15) is 8.78 Å². The molecule has 0 saturated carbocycles. The van der Waals surface area contributed by atoms with Gasteiger partial charge in [0.05, 0.1) is 6.10 Å². The topological polar surface area (TPSA) is 52.3 Å². The predicted octanol–water partition coefficient (Wildman–Crippen LogP) is 2.36. The monoisotopic (exact) mass is 243 g/mol. The van der Waals surface area contributed by atoms with Gasteiger partial charge >= 0.3 is 5.92 Å². The highest BCUT2D eigenvalue weighted by molar-refractivity contribution is 5.83. The molecule has 1 aromatic rings. The van der Waals surface area contributed by atoms with Gasteiger partial charge in [0.25, 0.3) is 5.91 Å². The fourth-order valence-corrected chi connectivity index (χ4v) is 1.37. The van der Waals surface area contributed by atoms with Gasteiger partial charge in [0, 0.05) is 5.56 Å². The van der Waals surface area contributed by atoms with Crippen LogP contribution in [-0.4, -0.2) is 12.0 Å². The van der Waals surface area contributed by atoms with Crippen LogP contribution in [-0.2, 0) is 10.7 Å². The lowest BCUT2D eigenvalue weighted by molar-refractivity contribution is -0.143. The highest BCUT2D eigenvalue weighted by atomic mass is 19.3. The van der Waals surface area contributed by atoms with E-state index in [1.165, 1.54) is 12.1 Å². The van der Waals surface area contributed by atoms with Crippen molar-refractivity contribution in [2.24, 2.45) is 5.73 Å². The molecule has 1 amide bonds. The Bertz CT molecular complexity index is 431. The number of hydrogen-bond acceptors (Lipinski definition) is 2. The number of amides is 1. The molecule has 0 unspecified atom stereocenters. The van der Waals surface area contributed by atoms with Crippen LogP contribution in [0.2, 0.25) is 0 Å². The molecule has 2 N–H and O–H groups in total. The molecule has 0 heterocycles. The maximum atomic E-state index is 13.3. The molecular weight excluding hydrogens is 228 g/mol. The number of carbonyl (C=O) groups is 1. The van der Waals surface area contributed by atoms with E-state index in [2.05, 4.69) is 5.73 Å². The molecule has 3 nitrogen and oxygen atoms in total. The standard InChI is InChI=1S/C12H15F2NO2/c1-7(2)17-10-5-4-9(6-8(10)3)12(13,14)11(15)16/h4-7H,1-3H3,(H2,15,16). The second-order valence-electron chi connectivity index (χ2n) is 4.09. The van der Waals surface area contributed by atoms with E-state index in [-0.39, 0.29) is 6.10 Å². The van der Waals surface area contributed by atoms with E-state index in [1.807, 2.05) is 13.8 Å². The Morgan fingerprint density at radius 1 is 1.41 bits per heavy atom. The summed E-state index contributed by atoms with van der Waals surface area (Å²) in [5.41, 5.74) is 4.77. The summed E-state index contributed by atoms with van der Waals surface area (Å²) in [6.07, 6.45) is -0.0452. The minimum Gasteiger partial charge on any atom is -0.491 e. The molecule has 0 aromatic heterocycles. The molecule has 1 rings (SSSR count). The van der Waals surface area contributed by atoms with Gasteiger partial charge in [-0.3, -0.25) is 4.79 Å². The number of halogens is 2. The van der Waals surface area contributed by atoms with Crippen LogP contribution in [0.1, 0.15) is 25.0 Å². The predicted molar refractivity (Wildman–Crippen MR) is 60.0 cm³/mol. The summed E-state index contributed by atoms with van der Waals surface area (Å²) in [4.78, 5) is 10.6. The molecule has 17 heavy (non-hydrogen) atoms. The third kappa shape index (κ3) is 2.93. The van der Waals surface area contributed by atoms with Crippen molar-refractivity contribution in [3.8, 4) is 5.75 Å². The number of rotatable bonds is 4. The van der Waals surface area contributed by atoms with Crippen molar-refractivity contribution >= 4 is 5.91 Å². The van der Waals surface area contributed by atoms with Crippen molar-refractivity contribution in [2.45, 2.75) is 32.8 Å². The Hall–Kier alpha value is -1.65. The quantitative estimate of drug-likeness (QED) is 0.882. The number of nitrogens with two attached hydrogens (primary N) is 1. The van der Waals surface area contributed by atoms with Crippen LogP contribution >= 0.6 is 0 Å². The second-order valence-corrected chi connectivity index (χ2v) is 4.09. The van der Waals surface area contributed by atoms with Gasteiger partial charge in [-0.05, 0) is 44.5 Å². The largest absolute Gasteiger partial charge is 0.491 e. The van der Waals surface area contributed by atoms with Crippen LogP contribution < -0.4 is 10.5 Å². The normalized spacial score (nSPS) is 11.6. The molecule has 0 spiro atoms. The van der Waals surface area contributed by atoms with Gasteiger partial charge in [-0.1, -0.05) is 0 Å². The Balaban J connectivity index is 3.08. The van der Waals surface area contributed by atoms with E-state index < -0.39 is 17.4 Å². The van der Waals surface area contributed by atoms with Crippen LogP contribution in [0, 0.1) is 6.92 Å². The highest BCUT2D eigenvalue weighted by Crippen LogP contribution is 2.31. The van der Waals surface area contributed by atoms with Gasteiger partial charge in [0.2, 0.25) is 0 Å². The average molecular weight is 243 g/mol. The summed E-state index contributed by atoms with van der Waals surface area (Å²) in [5.74, 6) is -4.79. The molecule has 1 aromatic carbocycles. The number of carbonyl (C=O) groups excluding carboxylic acids is 1. The molecule has 5 heteroatoms. The smallest absolute Gasteiger partial charge is 0.349 e. The van der Waals surface area contributed by atoms with Gasteiger partial charge in [0.15, 0.2) is 0 Å². The summed E-state index contributed by atoms with van der Waals surface area (Å²) in [5, 5.41) is 0. The number of alkyl halides is 2. The fraction of sp³-hybridized carbons (Fsp3) is 0.417. The Kier molecular flexibility index (Phi) is 3.70. The number of benzene rings is 1. The summed E-state index contributed by atoms with van der Waals surface area (Å²) >= 11 is 0. The summed E-state index contributed by atoms with van der Waals surface area (Å²) in [6, 6.07) is 3.78. The maximum absolute atomic E-state index is 13.3. The zero-order chi connectivity index (χ0) is 13.2. The van der Waals surface area contributed by atoms with Crippen molar-refractivity contribution in [2.75, 3.05) is 0 Å². The molecule has 0 bridgehead atoms. The fourth-order valence-electron chi connectivity index (χ4n) is 1.37. The third-order valence-corrected chi connectivity index (χ3v) is 2.21. The Morgan fingerprint density at radius 3 is 2.41 bits per heavy atom. The van der Waals surface area contributed by atoms with Gasteiger partial charge < -0.3 is 10.5 Å². The molecule has 94 valence electrons. The summed E-state index contributed by atoms with van der Waals surface area (Å²) in [7, 11) is 0. The first-order valence-corrected chi connectivity index (χ1v) is 5.20. The lowest BCUT2D eigenvalue weighted by Crippen LogP contribution is -2.32. The molecular formula is C12H15F2NO2. The number of ether oxygens (including phenoxy) is 1. The molecule has 0 radical (unpaired) electrons. The van der Waals surface area contributed by atoms with Crippen molar-refractivity contribution in [1.82, 2.24) is 0 Å². The van der Waals surface area contributed by atoms with E-state index in [4.69, 9.17) is 4.74 Å². The van der Waals surface area contributed by atoms with Crippen molar-refractivity contribution in [1.29, 1.82) is 0 Å². The maximum Gasteiger partial charge on any atom is 0.349 e. The van der Waals surface area contributed by atoms with Crippen molar-refractivity contribution in [3.05, 3.63) is 29.3 Å². The molecule has 0 fully saturated rings. The van der Waals surface area contributed by atoms with E-state index in [0.29, 0.717) is 11.3 Å². The van der Waals surface area contributed by atoms with Crippen LogP contribution in [0.3, 0.4) is 0 Å². The minimum absolute atomic E-state index is 0.0452. The van der Waals surface area contributed by atoms with Crippen LogP contribution in [0.5, 0.6) is 5.75 Å². The van der Waals surface area contributed by atoms with Gasteiger partial charge in [0.1, 0.15) is 5.75 Å². The average Bonchev–Trinajstić information content (AvgIpc) is 2.20. The van der Waals surface area contributed by atoms with E-state index in [9.17, 15) is 13.6 Å². The Morgan fingerprint density at radius 2 is 2.00 bits per heavy atom. The van der Waals surface area contributed by atoms with E-state index >= 15 is 0 Å². The molecule has 0 saturated heterocycles. The van der Waals surface area contributed by atoms with Crippen LogP contribution in [0.25, 0.3) is 0 Å². The SMILES string of the molecule is Cc1cc(C(F)(F)C(N)=O)ccc1OC(C)C. The first-order chi connectivity index (χ1) is 7.75. The number of primary amides is 1. The molecule has 0 aliphatic heterocycles. The number of aryl methyl sites for hydroxylation is 1. The van der Waals surface area contributed by atoms with E-state index in [1.54, 1.807) is 6.92 Å².